The fourth-order valence-corrected chi connectivity index (χ4v) is 3.35. The third-order valence-corrected chi connectivity index (χ3v) is 4.88. The molecule has 1 heterocycles. The van der Waals surface area contributed by atoms with Gasteiger partial charge in [-0.25, -0.2) is 0 Å². The van der Waals surface area contributed by atoms with Gasteiger partial charge in [-0.1, -0.05) is 46.3 Å². The minimum absolute atomic E-state index is 0.0414. The molecular formula is C19H18BrN3O2S. The molecule has 7 heteroatoms. The number of nitrogens with zero attached hydrogens (tertiary/aromatic N) is 1. The molecule has 0 spiro atoms. The van der Waals surface area contributed by atoms with Gasteiger partial charge in [-0.3, -0.25) is 14.2 Å². The lowest BCUT2D eigenvalue weighted by Crippen LogP contribution is -2.25. The Hall–Kier alpha value is -2.25. The number of carbonyl (C=O) groups is 1. The van der Waals surface area contributed by atoms with Gasteiger partial charge in [0.15, 0.2) is 4.77 Å². The first kappa shape index (κ1) is 18.5. The van der Waals surface area contributed by atoms with E-state index in [1.807, 2.05) is 42.5 Å². The van der Waals surface area contributed by atoms with Crippen LogP contribution in [0, 0.1) is 4.77 Å². The normalized spacial score (nSPS) is 10.8. The van der Waals surface area contributed by atoms with Crippen molar-refractivity contribution < 1.29 is 4.79 Å². The molecule has 0 unspecified atom stereocenters. The maximum atomic E-state index is 12.6. The maximum Gasteiger partial charge on any atom is 0.262 e. The smallest absolute Gasteiger partial charge is 0.262 e. The molecule has 0 fully saturated rings. The second-order valence-corrected chi connectivity index (χ2v) is 7.25. The predicted molar refractivity (Wildman–Crippen MR) is 109 cm³/mol. The quantitative estimate of drug-likeness (QED) is 0.581. The van der Waals surface area contributed by atoms with Crippen LogP contribution in [0.2, 0.25) is 0 Å². The first-order chi connectivity index (χ1) is 12.5. The standard InChI is InChI=1S/C19H18BrN3O2S/c20-14-8-9-16-15(11-14)18(25)23(19(26)22-16)10-4-7-17(24)21-12-13-5-2-1-3-6-13/h1-3,5-6,8-9,11H,4,7,10,12H2,(H,21,24)(H,22,26). The fraction of sp³-hybridized carbons (Fsp3) is 0.211. The second-order valence-electron chi connectivity index (χ2n) is 5.94. The van der Waals surface area contributed by atoms with E-state index in [-0.39, 0.29) is 11.5 Å². The summed E-state index contributed by atoms with van der Waals surface area (Å²) in [6, 6.07) is 15.2. The molecule has 1 aromatic heterocycles. The van der Waals surface area contributed by atoms with E-state index in [0.29, 0.717) is 41.6 Å². The molecular weight excluding hydrogens is 414 g/mol. The molecule has 0 saturated carbocycles. The summed E-state index contributed by atoms with van der Waals surface area (Å²) in [6.07, 6.45) is 0.877. The second kappa shape index (κ2) is 8.42. The zero-order valence-corrected chi connectivity index (χ0v) is 16.4. The van der Waals surface area contributed by atoms with Crippen LogP contribution in [0.5, 0.6) is 0 Å². The molecule has 134 valence electrons. The molecule has 1 amide bonds. The Balaban J connectivity index is 1.62. The first-order valence-electron chi connectivity index (χ1n) is 8.27. The highest BCUT2D eigenvalue weighted by molar-refractivity contribution is 9.10. The summed E-state index contributed by atoms with van der Waals surface area (Å²) in [4.78, 5) is 27.7. The molecule has 0 aliphatic heterocycles. The van der Waals surface area contributed by atoms with Gasteiger partial charge in [0.1, 0.15) is 0 Å². The van der Waals surface area contributed by atoms with Crippen molar-refractivity contribution in [2.75, 3.05) is 0 Å². The van der Waals surface area contributed by atoms with Crippen LogP contribution >= 0.6 is 28.1 Å². The topological polar surface area (TPSA) is 66.9 Å². The highest BCUT2D eigenvalue weighted by Gasteiger charge is 2.07. The van der Waals surface area contributed by atoms with E-state index in [2.05, 4.69) is 26.2 Å². The van der Waals surface area contributed by atoms with E-state index in [1.165, 1.54) is 4.57 Å². The first-order valence-corrected chi connectivity index (χ1v) is 9.48. The van der Waals surface area contributed by atoms with Crippen LogP contribution in [0.4, 0.5) is 0 Å². The van der Waals surface area contributed by atoms with Crippen LogP contribution in [0.15, 0.2) is 57.8 Å². The van der Waals surface area contributed by atoms with Gasteiger partial charge in [0.2, 0.25) is 5.91 Å². The zero-order valence-electron chi connectivity index (χ0n) is 14.0. The van der Waals surface area contributed by atoms with Gasteiger partial charge in [-0.15, -0.1) is 0 Å². The number of fused-ring (bicyclic) bond motifs is 1. The van der Waals surface area contributed by atoms with Crippen LogP contribution in [-0.4, -0.2) is 15.5 Å². The summed E-state index contributed by atoms with van der Waals surface area (Å²) >= 11 is 8.67. The van der Waals surface area contributed by atoms with Gasteiger partial charge >= 0.3 is 0 Å². The van der Waals surface area contributed by atoms with Crippen molar-refractivity contribution in [3.8, 4) is 0 Å². The number of carbonyl (C=O) groups excluding carboxylic acids is 1. The minimum atomic E-state index is -0.144. The number of H-pyrrole nitrogens is 1. The lowest BCUT2D eigenvalue weighted by atomic mass is 10.2. The number of nitrogens with one attached hydrogen (secondary N) is 2. The third kappa shape index (κ3) is 4.47. The Morgan fingerprint density at radius 3 is 2.73 bits per heavy atom. The van der Waals surface area contributed by atoms with Crippen molar-refractivity contribution in [2.24, 2.45) is 0 Å². The molecule has 0 bridgehead atoms. The van der Waals surface area contributed by atoms with Gasteiger partial charge in [-0.05, 0) is 42.4 Å². The summed E-state index contributed by atoms with van der Waals surface area (Å²) in [5, 5.41) is 3.46. The number of aromatic nitrogens is 2. The predicted octanol–water partition coefficient (Wildman–Crippen LogP) is 3.92. The Labute approximate surface area is 164 Å². The summed E-state index contributed by atoms with van der Waals surface area (Å²) in [7, 11) is 0. The number of aromatic amines is 1. The van der Waals surface area contributed by atoms with Crippen LogP contribution in [-0.2, 0) is 17.9 Å². The van der Waals surface area contributed by atoms with E-state index >= 15 is 0 Å². The molecule has 2 aromatic carbocycles. The molecule has 26 heavy (non-hydrogen) atoms. The van der Waals surface area contributed by atoms with E-state index in [9.17, 15) is 9.59 Å². The van der Waals surface area contributed by atoms with Crippen LogP contribution in [0.25, 0.3) is 10.9 Å². The molecule has 2 N–H and O–H groups in total. The number of rotatable bonds is 6. The Bertz CT molecular complexity index is 1040. The van der Waals surface area contributed by atoms with Crippen molar-refractivity contribution >= 4 is 45.0 Å². The Kier molecular flexibility index (Phi) is 6.00. The molecule has 0 radical (unpaired) electrons. The van der Waals surface area contributed by atoms with Gasteiger partial charge in [0.05, 0.1) is 10.9 Å². The van der Waals surface area contributed by atoms with Crippen molar-refractivity contribution in [1.82, 2.24) is 14.9 Å². The lowest BCUT2D eigenvalue weighted by molar-refractivity contribution is -0.121. The zero-order chi connectivity index (χ0) is 18.5. The molecule has 5 nitrogen and oxygen atoms in total. The molecule has 0 saturated heterocycles. The van der Waals surface area contributed by atoms with Gasteiger partial charge in [0, 0.05) is 24.0 Å². The average Bonchev–Trinajstić information content (AvgIpc) is 2.64. The number of hydrogen-bond acceptors (Lipinski definition) is 3. The van der Waals surface area contributed by atoms with Crippen LogP contribution in [0.3, 0.4) is 0 Å². The summed E-state index contributed by atoms with van der Waals surface area (Å²) in [5.41, 5.74) is 1.62. The summed E-state index contributed by atoms with van der Waals surface area (Å²) in [6.45, 7) is 0.902. The van der Waals surface area contributed by atoms with Crippen molar-refractivity contribution in [1.29, 1.82) is 0 Å². The molecule has 0 aliphatic carbocycles. The molecule has 0 aliphatic rings. The van der Waals surface area contributed by atoms with Gasteiger partial charge in [-0.2, -0.15) is 0 Å². The SMILES string of the molecule is O=C(CCCn1c(=S)[nH]c2ccc(Br)cc2c1=O)NCc1ccccc1. The lowest BCUT2D eigenvalue weighted by Gasteiger charge is -2.09. The monoisotopic (exact) mass is 431 g/mol. The average molecular weight is 432 g/mol. The van der Waals surface area contributed by atoms with Gasteiger partial charge < -0.3 is 10.3 Å². The molecule has 0 atom stereocenters. The summed E-state index contributed by atoms with van der Waals surface area (Å²) < 4.78 is 2.71. The molecule has 3 aromatic rings. The van der Waals surface area contributed by atoms with E-state index < -0.39 is 0 Å². The van der Waals surface area contributed by atoms with Gasteiger partial charge in [0.25, 0.3) is 5.56 Å². The summed E-state index contributed by atoms with van der Waals surface area (Å²) in [5.74, 6) is -0.0414. The van der Waals surface area contributed by atoms with Crippen molar-refractivity contribution in [3.05, 3.63) is 73.7 Å². The minimum Gasteiger partial charge on any atom is -0.352 e. The van der Waals surface area contributed by atoms with Crippen molar-refractivity contribution in [3.63, 3.8) is 0 Å². The largest absolute Gasteiger partial charge is 0.352 e. The van der Waals surface area contributed by atoms with Crippen LogP contribution < -0.4 is 10.9 Å². The highest BCUT2D eigenvalue weighted by atomic mass is 79.9. The molecule has 3 rings (SSSR count). The number of amides is 1. The Morgan fingerprint density at radius 1 is 1.19 bits per heavy atom. The third-order valence-electron chi connectivity index (χ3n) is 4.06. The van der Waals surface area contributed by atoms with E-state index in [4.69, 9.17) is 12.2 Å². The number of hydrogen-bond donors (Lipinski definition) is 2. The maximum absolute atomic E-state index is 12.6. The number of benzene rings is 2. The van der Waals surface area contributed by atoms with Crippen LogP contribution in [0.1, 0.15) is 18.4 Å². The van der Waals surface area contributed by atoms with E-state index in [0.717, 1.165) is 10.0 Å². The van der Waals surface area contributed by atoms with Crippen molar-refractivity contribution in [2.45, 2.75) is 25.9 Å². The number of halogens is 1. The van der Waals surface area contributed by atoms with E-state index in [1.54, 1.807) is 6.07 Å². The highest BCUT2D eigenvalue weighted by Crippen LogP contribution is 2.15. The fourth-order valence-electron chi connectivity index (χ4n) is 2.71. The Morgan fingerprint density at radius 2 is 1.96 bits per heavy atom.